The Morgan fingerprint density at radius 1 is 1.39 bits per heavy atom. The number of rotatable bonds is 2. The van der Waals surface area contributed by atoms with Crippen molar-refractivity contribution >= 4 is 23.2 Å². The minimum Gasteiger partial charge on any atom is -0.373 e. The third-order valence-corrected chi connectivity index (χ3v) is 2.94. The van der Waals surface area contributed by atoms with Gasteiger partial charge in [0.15, 0.2) is 0 Å². The van der Waals surface area contributed by atoms with Crippen LogP contribution in [-0.2, 0) is 4.79 Å². The molecule has 1 aromatic rings. The van der Waals surface area contributed by atoms with Gasteiger partial charge in [0.25, 0.3) is 5.91 Å². The Kier molecular flexibility index (Phi) is 3.92. The van der Waals surface area contributed by atoms with Gasteiger partial charge in [0.05, 0.1) is 10.7 Å². The molecule has 0 fully saturated rings. The molecule has 1 rings (SSSR count). The van der Waals surface area contributed by atoms with E-state index in [1.165, 1.54) is 12.1 Å². The van der Waals surface area contributed by atoms with Gasteiger partial charge in [-0.15, -0.1) is 0 Å². The molecule has 0 aromatic heterocycles. The van der Waals surface area contributed by atoms with E-state index in [9.17, 15) is 18.0 Å². The van der Waals surface area contributed by atoms with Crippen molar-refractivity contribution in [1.29, 1.82) is 0 Å². The maximum atomic E-state index is 12.4. The van der Waals surface area contributed by atoms with Crippen LogP contribution in [0.3, 0.4) is 0 Å². The van der Waals surface area contributed by atoms with Crippen LogP contribution in [-0.4, -0.2) is 22.8 Å². The van der Waals surface area contributed by atoms with Gasteiger partial charge in [-0.2, -0.15) is 13.2 Å². The smallest absolute Gasteiger partial charge is 0.373 e. The third kappa shape index (κ3) is 2.76. The van der Waals surface area contributed by atoms with E-state index in [0.717, 1.165) is 0 Å². The zero-order chi connectivity index (χ0) is 14.1. The molecule has 2 N–H and O–H groups in total. The summed E-state index contributed by atoms with van der Waals surface area (Å²) < 4.78 is 37.3. The summed E-state index contributed by atoms with van der Waals surface area (Å²) in [4.78, 5) is 11.4. The second kappa shape index (κ2) is 4.78. The van der Waals surface area contributed by atoms with E-state index < -0.39 is 17.7 Å². The Morgan fingerprint density at radius 2 is 1.94 bits per heavy atom. The fraction of sp³-hybridized carbons (Fsp3) is 0.364. The first-order valence-electron chi connectivity index (χ1n) is 4.93. The summed E-state index contributed by atoms with van der Waals surface area (Å²) in [5.41, 5.74) is -2.85. The van der Waals surface area contributed by atoms with Gasteiger partial charge in [-0.1, -0.05) is 23.7 Å². The predicted octanol–water partition coefficient (Wildman–Crippen LogP) is 2.90. The molecule has 1 aromatic carbocycles. The molecule has 1 amide bonds. The van der Waals surface area contributed by atoms with Crippen molar-refractivity contribution in [2.24, 2.45) is 0 Å². The lowest BCUT2D eigenvalue weighted by molar-refractivity contribution is -0.242. The minimum absolute atomic E-state index is 0.0196. The Balaban J connectivity index is 2.99. The molecule has 0 aliphatic rings. The van der Waals surface area contributed by atoms with Gasteiger partial charge in [0.1, 0.15) is 0 Å². The lowest BCUT2D eigenvalue weighted by Crippen LogP contribution is -2.52. The second-order valence-electron chi connectivity index (χ2n) is 3.96. The first kappa shape index (κ1) is 14.8. The Morgan fingerprint density at radius 3 is 2.44 bits per heavy atom. The monoisotopic (exact) mass is 281 g/mol. The van der Waals surface area contributed by atoms with Crippen molar-refractivity contribution in [1.82, 2.24) is 0 Å². The molecule has 0 bridgehead atoms. The van der Waals surface area contributed by atoms with Crippen LogP contribution in [0.2, 0.25) is 5.02 Å². The normalized spacial score (nSPS) is 15.1. The van der Waals surface area contributed by atoms with Gasteiger partial charge >= 0.3 is 6.18 Å². The molecule has 0 heterocycles. The molecule has 0 aliphatic heterocycles. The van der Waals surface area contributed by atoms with E-state index >= 15 is 0 Å². The molecule has 7 heteroatoms. The number of benzene rings is 1. The zero-order valence-corrected chi connectivity index (χ0v) is 10.4. The van der Waals surface area contributed by atoms with Gasteiger partial charge in [0.2, 0.25) is 5.60 Å². The van der Waals surface area contributed by atoms with E-state index in [1.807, 2.05) is 5.32 Å². The van der Waals surface area contributed by atoms with E-state index in [4.69, 9.17) is 16.7 Å². The highest BCUT2D eigenvalue weighted by Crippen LogP contribution is 2.32. The third-order valence-electron chi connectivity index (χ3n) is 2.43. The van der Waals surface area contributed by atoms with Crippen LogP contribution >= 0.6 is 11.6 Å². The van der Waals surface area contributed by atoms with Gasteiger partial charge < -0.3 is 10.4 Å². The quantitative estimate of drug-likeness (QED) is 0.876. The molecule has 1 atom stereocenters. The summed E-state index contributed by atoms with van der Waals surface area (Å²) in [6.45, 7) is 2.02. The Bertz CT molecular complexity index is 472. The summed E-state index contributed by atoms with van der Waals surface area (Å²) in [7, 11) is 0. The van der Waals surface area contributed by atoms with Gasteiger partial charge in [-0.25, -0.2) is 0 Å². The largest absolute Gasteiger partial charge is 0.426 e. The summed E-state index contributed by atoms with van der Waals surface area (Å²) in [5, 5.41) is 11.2. The molecule has 0 saturated heterocycles. The molecule has 0 saturated carbocycles. The number of hydrogen-bond acceptors (Lipinski definition) is 2. The number of nitrogens with one attached hydrogen (secondary N) is 1. The molecule has 3 nitrogen and oxygen atoms in total. The highest BCUT2D eigenvalue weighted by Gasteiger charge is 2.55. The maximum absolute atomic E-state index is 12.4. The molecular weight excluding hydrogens is 271 g/mol. The van der Waals surface area contributed by atoms with Crippen molar-refractivity contribution in [2.45, 2.75) is 25.6 Å². The average molecular weight is 282 g/mol. The van der Waals surface area contributed by atoms with Gasteiger partial charge in [-0.05, 0) is 25.5 Å². The lowest BCUT2D eigenvalue weighted by atomic mass is 10.1. The van der Waals surface area contributed by atoms with Gasteiger partial charge in [0, 0.05) is 0 Å². The molecular formula is C11H11ClF3NO2. The molecule has 100 valence electrons. The second-order valence-corrected chi connectivity index (χ2v) is 4.34. The van der Waals surface area contributed by atoms with Crippen LogP contribution in [0, 0.1) is 6.92 Å². The van der Waals surface area contributed by atoms with Crippen molar-refractivity contribution in [3.05, 3.63) is 28.8 Å². The van der Waals surface area contributed by atoms with Crippen molar-refractivity contribution < 1.29 is 23.1 Å². The molecule has 0 spiro atoms. The number of carbonyl (C=O) groups excluding carboxylic acids is 1. The standard InChI is InChI=1S/C11H11ClF3NO2/c1-6-4-3-5-7(8(6)12)16-9(17)10(2,18)11(13,14)15/h3-5,18H,1-2H3,(H,16,17)/t10-/m1/s1. The van der Waals surface area contributed by atoms with E-state index in [-0.39, 0.29) is 10.7 Å². The van der Waals surface area contributed by atoms with E-state index in [0.29, 0.717) is 12.5 Å². The van der Waals surface area contributed by atoms with E-state index in [1.54, 1.807) is 13.0 Å². The summed E-state index contributed by atoms with van der Waals surface area (Å²) in [6, 6.07) is 4.51. The van der Waals surface area contributed by atoms with Crippen LogP contribution in [0.15, 0.2) is 18.2 Å². The predicted molar refractivity (Wildman–Crippen MR) is 61.5 cm³/mol. The Hall–Kier alpha value is -1.27. The maximum Gasteiger partial charge on any atom is 0.426 e. The number of carbonyl (C=O) groups is 1. The number of amides is 1. The summed E-state index contributed by atoms with van der Waals surface area (Å²) in [5.74, 6) is -1.58. The van der Waals surface area contributed by atoms with Crippen LogP contribution in [0.5, 0.6) is 0 Å². The SMILES string of the molecule is Cc1cccc(NC(=O)[C@@](C)(O)C(F)(F)F)c1Cl. The lowest BCUT2D eigenvalue weighted by Gasteiger charge is -2.25. The minimum atomic E-state index is -5.06. The molecule has 18 heavy (non-hydrogen) atoms. The van der Waals surface area contributed by atoms with Gasteiger partial charge in [-0.3, -0.25) is 4.79 Å². The number of aryl methyl sites for hydroxylation is 1. The van der Waals surface area contributed by atoms with Crippen LogP contribution in [0.4, 0.5) is 18.9 Å². The topological polar surface area (TPSA) is 49.3 Å². The molecule has 0 aliphatic carbocycles. The molecule has 0 radical (unpaired) electrons. The fourth-order valence-electron chi connectivity index (χ4n) is 1.12. The number of aliphatic hydroxyl groups is 1. The zero-order valence-electron chi connectivity index (χ0n) is 9.60. The number of hydrogen-bond donors (Lipinski definition) is 2. The average Bonchev–Trinajstić information content (AvgIpc) is 2.23. The van der Waals surface area contributed by atoms with Crippen LogP contribution in [0.25, 0.3) is 0 Å². The number of halogens is 4. The first-order valence-corrected chi connectivity index (χ1v) is 5.31. The van der Waals surface area contributed by atoms with Crippen molar-refractivity contribution in [3.8, 4) is 0 Å². The highest BCUT2D eigenvalue weighted by molar-refractivity contribution is 6.34. The van der Waals surface area contributed by atoms with Crippen LogP contribution in [0.1, 0.15) is 12.5 Å². The van der Waals surface area contributed by atoms with Crippen molar-refractivity contribution in [2.75, 3.05) is 5.32 Å². The van der Waals surface area contributed by atoms with Crippen LogP contribution < -0.4 is 5.32 Å². The summed E-state index contributed by atoms with van der Waals surface area (Å²) in [6.07, 6.45) is -5.06. The summed E-state index contributed by atoms with van der Waals surface area (Å²) >= 11 is 5.82. The highest BCUT2D eigenvalue weighted by atomic mass is 35.5. The fourth-order valence-corrected chi connectivity index (χ4v) is 1.29. The molecule has 0 unspecified atom stereocenters. The van der Waals surface area contributed by atoms with E-state index in [2.05, 4.69) is 0 Å². The first-order chi connectivity index (χ1) is 8.07. The van der Waals surface area contributed by atoms with Crippen molar-refractivity contribution in [3.63, 3.8) is 0 Å². The number of alkyl halides is 3. The number of anilines is 1. The Labute approximate surface area is 107 Å².